The lowest BCUT2D eigenvalue weighted by atomic mass is 10.1. The van der Waals surface area contributed by atoms with Crippen molar-refractivity contribution in [3.63, 3.8) is 0 Å². The molecular formula is C13H15F3N2O. The fraction of sp³-hybridized carbons (Fsp3) is 0.462. The van der Waals surface area contributed by atoms with E-state index in [1.165, 1.54) is 6.07 Å². The van der Waals surface area contributed by atoms with Gasteiger partial charge in [0.1, 0.15) is 6.07 Å². The third-order valence-corrected chi connectivity index (χ3v) is 2.75. The van der Waals surface area contributed by atoms with Crippen molar-refractivity contribution in [1.82, 2.24) is 0 Å². The van der Waals surface area contributed by atoms with E-state index in [9.17, 15) is 13.2 Å². The Labute approximate surface area is 109 Å². The van der Waals surface area contributed by atoms with Gasteiger partial charge in [-0.15, -0.1) is 0 Å². The number of nitriles is 1. The van der Waals surface area contributed by atoms with Crippen LogP contribution in [0.4, 0.5) is 18.9 Å². The van der Waals surface area contributed by atoms with Crippen LogP contribution in [0.25, 0.3) is 0 Å². The minimum absolute atomic E-state index is 0.000971. The summed E-state index contributed by atoms with van der Waals surface area (Å²) in [4.78, 5) is 1.77. The van der Waals surface area contributed by atoms with Crippen LogP contribution in [-0.4, -0.2) is 24.8 Å². The van der Waals surface area contributed by atoms with Crippen LogP contribution >= 0.6 is 0 Å². The SMILES string of the molecule is CCN(CCCO)c1ccc(C(F)(F)F)cc1C#N. The number of alkyl halides is 3. The van der Waals surface area contributed by atoms with Crippen molar-refractivity contribution in [2.24, 2.45) is 0 Å². The highest BCUT2D eigenvalue weighted by Gasteiger charge is 2.31. The lowest BCUT2D eigenvalue weighted by Crippen LogP contribution is -2.25. The molecule has 0 bridgehead atoms. The van der Waals surface area contributed by atoms with E-state index in [2.05, 4.69) is 0 Å². The quantitative estimate of drug-likeness (QED) is 0.896. The molecule has 0 fully saturated rings. The molecule has 0 unspecified atom stereocenters. The molecule has 1 aromatic rings. The van der Waals surface area contributed by atoms with Gasteiger partial charge in [-0.25, -0.2) is 0 Å². The van der Waals surface area contributed by atoms with Gasteiger partial charge in [-0.05, 0) is 31.5 Å². The summed E-state index contributed by atoms with van der Waals surface area (Å²) in [6.45, 7) is 2.89. The molecule has 1 rings (SSSR count). The molecule has 0 aliphatic heterocycles. The lowest BCUT2D eigenvalue weighted by Gasteiger charge is -2.24. The van der Waals surface area contributed by atoms with Gasteiger partial charge >= 0.3 is 6.18 Å². The number of anilines is 1. The van der Waals surface area contributed by atoms with Crippen LogP contribution in [0, 0.1) is 11.3 Å². The van der Waals surface area contributed by atoms with E-state index < -0.39 is 11.7 Å². The molecule has 0 heterocycles. The first-order valence-electron chi connectivity index (χ1n) is 5.91. The second-order valence-corrected chi connectivity index (χ2v) is 4.00. The summed E-state index contributed by atoms with van der Waals surface area (Å²) >= 11 is 0. The van der Waals surface area contributed by atoms with Gasteiger partial charge in [0, 0.05) is 19.7 Å². The van der Waals surface area contributed by atoms with Crippen molar-refractivity contribution in [3.8, 4) is 6.07 Å². The second-order valence-electron chi connectivity index (χ2n) is 4.00. The Morgan fingerprint density at radius 2 is 2.05 bits per heavy atom. The molecule has 0 aromatic heterocycles. The Balaban J connectivity index is 3.11. The molecule has 19 heavy (non-hydrogen) atoms. The number of nitrogens with zero attached hydrogens (tertiary/aromatic N) is 2. The van der Waals surface area contributed by atoms with Crippen LogP contribution in [0.1, 0.15) is 24.5 Å². The molecule has 0 aliphatic rings. The van der Waals surface area contributed by atoms with Crippen LogP contribution in [0.3, 0.4) is 0 Å². The number of halogens is 3. The zero-order chi connectivity index (χ0) is 14.5. The van der Waals surface area contributed by atoms with Gasteiger partial charge in [0.2, 0.25) is 0 Å². The summed E-state index contributed by atoms with van der Waals surface area (Å²) in [6.07, 6.45) is -3.95. The Kier molecular flexibility index (Phi) is 5.19. The third kappa shape index (κ3) is 3.86. The predicted molar refractivity (Wildman–Crippen MR) is 65.7 cm³/mol. The molecule has 0 spiro atoms. The fourth-order valence-electron chi connectivity index (χ4n) is 1.79. The van der Waals surface area contributed by atoms with Crippen molar-refractivity contribution < 1.29 is 18.3 Å². The van der Waals surface area contributed by atoms with Crippen molar-refractivity contribution in [2.75, 3.05) is 24.6 Å². The monoisotopic (exact) mass is 272 g/mol. The van der Waals surface area contributed by atoms with E-state index in [0.717, 1.165) is 12.1 Å². The summed E-state index contributed by atoms with van der Waals surface area (Å²) in [7, 11) is 0. The number of rotatable bonds is 5. The molecule has 0 aliphatic carbocycles. The molecule has 6 heteroatoms. The van der Waals surface area contributed by atoms with Crippen LogP contribution in [0.2, 0.25) is 0 Å². The van der Waals surface area contributed by atoms with Gasteiger partial charge < -0.3 is 10.0 Å². The number of hydrogen-bond donors (Lipinski definition) is 1. The first-order chi connectivity index (χ1) is 8.93. The summed E-state index contributed by atoms with van der Waals surface area (Å²) in [5, 5.41) is 17.8. The first kappa shape index (κ1) is 15.3. The highest BCUT2D eigenvalue weighted by atomic mass is 19.4. The smallest absolute Gasteiger partial charge is 0.396 e. The van der Waals surface area contributed by atoms with E-state index >= 15 is 0 Å². The first-order valence-corrected chi connectivity index (χ1v) is 5.91. The van der Waals surface area contributed by atoms with Crippen LogP contribution in [0.15, 0.2) is 18.2 Å². The third-order valence-electron chi connectivity index (χ3n) is 2.75. The van der Waals surface area contributed by atoms with E-state index in [0.29, 0.717) is 25.2 Å². The molecule has 0 saturated heterocycles. The van der Waals surface area contributed by atoms with Gasteiger partial charge in [-0.3, -0.25) is 0 Å². The van der Waals surface area contributed by atoms with E-state index in [1.807, 2.05) is 6.92 Å². The molecular weight excluding hydrogens is 257 g/mol. The average Bonchev–Trinajstić information content (AvgIpc) is 2.38. The van der Waals surface area contributed by atoms with E-state index in [1.54, 1.807) is 11.0 Å². The second kappa shape index (κ2) is 6.43. The maximum atomic E-state index is 12.6. The summed E-state index contributed by atoms with van der Waals surface area (Å²) in [5.74, 6) is 0. The van der Waals surface area contributed by atoms with Gasteiger partial charge in [0.05, 0.1) is 16.8 Å². The van der Waals surface area contributed by atoms with Crippen LogP contribution in [-0.2, 0) is 6.18 Å². The molecule has 1 N–H and O–H groups in total. The maximum Gasteiger partial charge on any atom is 0.416 e. The molecule has 0 radical (unpaired) electrons. The predicted octanol–water partition coefficient (Wildman–Crippen LogP) is 2.79. The normalized spacial score (nSPS) is 11.2. The fourth-order valence-corrected chi connectivity index (χ4v) is 1.79. The summed E-state index contributed by atoms with van der Waals surface area (Å²) < 4.78 is 37.7. The average molecular weight is 272 g/mol. The van der Waals surface area contributed by atoms with E-state index in [-0.39, 0.29) is 12.2 Å². The highest BCUT2D eigenvalue weighted by molar-refractivity contribution is 5.60. The van der Waals surface area contributed by atoms with Crippen LogP contribution in [0.5, 0.6) is 0 Å². The minimum atomic E-state index is -4.45. The number of benzene rings is 1. The minimum Gasteiger partial charge on any atom is -0.396 e. The summed E-state index contributed by atoms with van der Waals surface area (Å²) in [5.41, 5.74) is -0.368. The van der Waals surface area contributed by atoms with Crippen molar-refractivity contribution in [2.45, 2.75) is 19.5 Å². The lowest BCUT2D eigenvalue weighted by molar-refractivity contribution is -0.137. The number of hydrogen-bond acceptors (Lipinski definition) is 3. The molecule has 104 valence electrons. The van der Waals surface area contributed by atoms with Crippen molar-refractivity contribution >= 4 is 5.69 Å². The van der Waals surface area contributed by atoms with Gasteiger partial charge in [0.25, 0.3) is 0 Å². The largest absolute Gasteiger partial charge is 0.416 e. The zero-order valence-corrected chi connectivity index (χ0v) is 10.5. The standard InChI is InChI=1S/C13H15F3N2O/c1-2-18(6-3-7-19)12-5-4-11(13(14,15)16)8-10(12)9-17/h4-5,8,19H,2-3,6-7H2,1H3. The van der Waals surface area contributed by atoms with Crippen molar-refractivity contribution in [3.05, 3.63) is 29.3 Å². The Morgan fingerprint density at radius 1 is 1.37 bits per heavy atom. The van der Waals surface area contributed by atoms with Crippen molar-refractivity contribution in [1.29, 1.82) is 5.26 Å². The van der Waals surface area contributed by atoms with Gasteiger partial charge in [-0.2, -0.15) is 18.4 Å². The molecule has 0 atom stereocenters. The maximum absolute atomic E-state index is 12.6. The topological polar surface area (TPSA) is 47.3 Å². The number of aliphatic hydroxyl groups excluding tert-OH is 1. The van der Waals surface area contributed by atoms with Gasteiger partial charge in [-0.1, -0.05) is 0 Å². The Morgan fingerprint density at radius 3 is 2.53 bits per heavy atom. The van der Waals surface area contributed by atoms with Crippen LogP contribution < -0.4 is 4.90 Å². The van der Waals surface area contributed by atoms with Gasteiger partial charge in [0.15, 0.2) is 0 Å². The Hall–Kier alpha value is -1.74. The summed E-state index contributed by atoms with van der Waals surface area (Å²) in [6, 6.07) is 4.93. The zero-order valence-electron chi connectivity index (χ0n) is 10.5. The molecule has 0 amide bonds. The highest BCUT2D eigenvalue weighted by Crippen LogP contribution is 2.32. The molecule has 3 nitrogen and oxygen atoms in total. The molecule has 0 saturated carbocycles. The number of aliphatic hydroxyl groups is 1. The molecule has 1 aromatic carbocycles. The Bertz CT molecular complexity index is 466. The van der Waals surface area contributed by atoms with E-state index in [4.69, 9.17) is 10.4 Å².